The van der Waals surface area contributed by atoms with Crippen LogP contribution in [0.1, 0.15) is 5.56 Å². The van der Waals surface area contributed by atoms with Gasteiger partial charge in [-0.2, -0.15) is 0 Å². The number of hydrogen-bond acceptors (Lipinski definition) is 0. The van der Waals surface area contributed by atoms with Gasteiger partial charge < -0.3 is 4.98 Å². The Morgan fingerprint density at radius 2 is 1.23 bits per heavy atom. The molecule has 4 aromatic rings. The summed E-state index contributed by atoms with van der Waals surface area (Å²) in [4.78, 5) is 3.38. The highest BCUT2D eigenvalue weighted by atomic mass is 28.2. The lowest BCUT2D eigenvalue weighted by atomic mass is 10.2. The van der Waals surface area contributed by atoms with Crippen molar-refractivity contribution in [3.8, 4) is 0 Å². The Hall–Kier alpha value is -2.58. The molecule has 2 heterocycles. The van der Waals surface area contributed by atoms with Gasteiger partial charge in [0, 0.05) is 21.8 Å². The van der Waals surface area contributed by atoms with Crippen molar-refractivity contribution >= 4 is 42.6 Å². The summed E-state index contributed by atoms with van der Waals surface area (Å²) in [6.07, 6.45) is 2.19. The number of fused-ring (bicyclic) bond motifs is 4. The largest absolute Gasteiger partial charge is 0.355 e. The molecular weight excluding hydrogens is 282 g/mol. The van der Waals surface area contributed by atoms with Gasteiger partial charge in [-0.3, -0.25) is 0 Å². The van der Waals surface area contributed by atoms with Gasteiger partial charge in [-0.05, 0) is 17.7 Å². The second-order valence-corrected chi connectivity index (χ2v) is 6.44. The highest BCUT2D eigenvalue weighted by Gasteiger charge is 2.01. The summed E-state index contributed by atoms with van der Waals surface area (Å²) in [5.41, 5.74) is 6.05. The lowest BCUT2D eigenvalue weighted by Crippen LogP contribution is -2.09. The van der Waals surface area contributed by atoms with Crippen LogP contribution in [-0.4, -0.2) is 14.5 Å². The number of nitrogens with one attached hydrogen (secondary N) is 1. The monoisotopic (exact) mass is 297 g/mol. The molecule has 0 unspecified atom stereocenters. The molecule has 1 aromatic heterocycles. The molecule has 0 saturated heterocycles. The number of hydrogen-bond donors (Lipinski definition) is 1. The summed E-state index contributed by atoms with van der Waals surface area (Å²) in [6, 6.07) is 25.3. The Morgan fingerprint density at radius 1 is 0.636 bits per heavy atom. The summed E-state index contributed by atoms with van der Waals surface area (Å²) in [5, 5.41) is 4.09. The summed E-state index contributed by atoms with van der Waals surface area (Å²) >= 11 is 0. The van der Waals surface area contributed by atoms with Gasteiger partial charge in [-0.1, -0.05) is 77.6 Å². The molecule has 0 atom stereocenters. The van der Waals surface area contributed by atoms with Crippen LogP contribution >= 0.6 is 0 Å². The average Bonchev–Trinajstić information content (AvgIpc) is 3.19. The second kappa shape index (κ2) is 5.66. The van der Waals surface area contributed by atoms with Gasteiger partial charge in [-0.25, -0.2) is 0 Å². The molecule has 0 spiro atoms. The molecule has 2 heteroatoms. The first kappa shape index (κ1) is 13.1. The first-order chi connectivity index (χ1) is 10.9. The maximum absolute atomic E-state index is 3.38. The molecular formula is C20H15NSi. The topological polar surface area (TPSA) is 15.8 Å². The fraction of sp³-hybridized carbons (Fsp3) is 0. The molecule has 1 nitrogen and oxygen atoms in total. The lowest BCUT2D eigenvalue weighted by molar-refractivity contribution is 1.55. The van der Waals surface area contributed by atoms with Crippen LogP contribution in [0, 0.1) is 0 Å². The van der Waals surface area contributed by atoms with Crippen molar-refractivity contribution in [3.63, 3.8) is 0 Å². The lowest BCUT2D eigenvalue weighted by Gasteiger charge is -1.92. The van der Waals surface area contributed by atoms with Crippen molar-refractivity contribution < 1.29 is 0 Å². The van der Waals surface area contributed by atoms with Crippen LogP contribution in [-0.2, 0) is 0 Å². The summed E-state index contributed by atoms with van der Waals surface area (Å²) in [5.74, 6) is 0. The molecule has 104 valence electrons. The van der Waals surface area contributed by atoms with E-state index in [2.05, 4.69) is 89.6 Å². The highest BCUT2D eigenvalue weighted by molar-refractivity contribution is 6.62. The van der Waals surface area contributed by atoms with Crippen molar-refractivity contribution in [2.24, 2.45) is 0 Å². The van der Waals surface area contributed by atoms with Crippen LogP contribution in [0.5, 0.6) is 0 Å². The van der Waals surface area contributed by atoms with Gasteiger partial charge in [0.15, 0.2) is 0 Å². The molecule has 1 N–H and O–H groups in total. The molecule has 5 rings (SSSR count). The molecule has 1 aliphatic rings. The zero-order valence-corrected chi connectivity index (χ0v) is 13.1. The number of H-pyrrole nitrogens is 1. The molecule has 0 amide bonds. The third-order valence-electron chi connectivity index (χ3n) is 3.88. The van der Waals surface area contributed by atoms with Crippen LogP contribution in [0.3, 0.4) is 0 Å². The Kier molecular flexibility index (Phi) is 3.37. The van der Waals surface area contributed by atoms with Crippen LogP contribution < -0.4 is 5.19 Å². The first-order valence-electron chi connectivity index (χ1n) is 7.39. The van der Waals surface area contributed by atoms with Gasteiger partial charge in [0.25, 0.3) is 0 Å². The normalized spacial score (nSPS) is 12.2. The van der Waals surface area contributed by atoms with E-state index in [-0.39, 0.29) is 0 Å². The van der Waals surface area contributed by atoms with E-state index in [1.165, 1.54) is 32.6 Å². The van der Waals surface area contributed by atoms with Crippen molar-refractivity contribution in [1.29, 1.82) is 0 Å². The number of rotatable bonds is 0. The van der Waals surface area contributed by atoms with E-state index in [4.69, 9.17) is 0 Å². The van der Waals surface area contributed by atoms with E-state index in [1.54, 1.807) is 0 Å². The van der Waals surface area contributed by atoms with Crippen LogP contribution in [0.15, 0.2) is 78.5 Å². The van der Waals surface area contributed by atoms with E-state index in [9.17, 15) is 0 Å². The van der Waals surface area contributed by atoms with Gasteiger partial charge in [0.1, 0.15) is 9.52 Å². The van der Waals surface area contributed by atoms with E-state index in [1.807, 2.05) is 0 Å². The fourth-order valence-corrected chi connectivity index (χ4v) is 3.76. The molecule has 22 heavy (non-hydrogen) atoms. The maximum atomic E-state index is 3.38. The summed E-state index contributed by atoms with van der Waals surface area (Å²) in [7, 11) is 0.899. The fourth-order valence-electron chi connectivity index (χ4n) is 2.79. The Labute approximate surface area is 132 Å². The van der Waals surface area contributed by atoms with Crippen LogP contribution in [0.2, 0.25) is 0 Å². The molecule has 3 aromatic carbocycles. The van der Waals surface area contributed by atoms with Gasteiger partial charge >= 0.3 is 0 Å². The first-order valence-corrected chi connectivity index (χ1v) is 8.47. The predicted molar refractivity (Wildman–Crippen MR) is 96.7 cm³/mol. The third-order valence-corrected chi connectivity index (χ3v) is 4.98. The summed E-state index contributed by atoms with van der Waals surface area (Å²) in [6.45, 7) is 0. The summed E-state index contributed by atoms with van der Waals surface area (Å²) < 4.78 is 0. The minimum Gasteiger partial charge on any atom is -0.355 e. The molecule has 0 fully saturated rings. The SMILES string of the molecule is C1=Cc2ccccc2[Si]1.c1ccc2c(c1)[nH]c1ccccc12. The van der Waals surface area contributed by atoms with Gasteiger partial charge in [0.2, 0.25) is 0 Å². The maximum Gasteiger partial charge on any atom is 0.112 e. The minimum atomic E-state index is 0.899. The Bertz CT molecular complexity index is 915. The molecule has 2 radical (unpaired) electrons. The van der Waals surface area contributed by atoms with Crippen LogP contribution in [0.4, 0.5) is 0 Å². The van der Waals surface area contributed by atoms with E-state index in [0.29, 0.717) is 0 Å². The highest BCUT2D eigenvalue weighted by Crippen LogP contribution is 2.24. The predicted octanol–water partition coefficient (Wildman–Crippen LogP) is 4.32. The Morgan fingerprint density at radius 3 is 1.91 bits per heavy atom. The average molecular weight is 297 g/mol. The van der Waals surface area contributed by atoms with Gasteiger partial charge in [0.05, 0.1) is 0 Å². The molecule has 0 bridgehead atoms. The van der Waals surface area contributed by atoms with Crippen LogP contribution in [0.25, 0.3) is 27.9 Å². The molecule has 0 aliphatic carbocycles. The van der Waals surface area contributed by atoms with Crippen molar-refractivity contribution in [1.82, 2.24) is 4.98 Å². The van der Waals surface area contributed by atoms with Crippen molar-refractivity contribution in [2.45, 2.75) is 0 Å². The Balaban J connectivity index is 0.000000122. The zero-order valence-electron chi connectivity index (χ0n) is 12.1. The van der Waals surface area contributed by atoms with E-state index >= 15 is 0 Å². The standard InChI is InChI=1S/C12H9N.C8H6Si/c1-3-7-11-9(5-1)10-6-2-4-8-12(10)13-11;1-2-4-8-7(3-1)5-6-9-8/h1-8,13H;1-6H. The van der Waals surface area contributed by atoms with Crippen molar-refractivity contribution in [3.05, 3.63) is 84.1 Å². The number of para-hydroxylation sites is 2. The third kappa shape index (κ3) is 2.38. The second-order valence-electron chi connectivity index (χ2n) is 5.28. The van der Waals surface area contributed by atoms with E-state index in [0.717, 1.165) is 9.52 Å². The minimum absolute atomic E-state index is 0.899. The quantitative estimate of drug-likeness (QED) is 0.465. The van der Waals surface area contributed by atoms with Gasteiger partial charge in [-0.15, -0.1) is 0 Å². The number of aromatic nitrogens is 1. The van der Waals surface area contributed by atoms with Crippen molar-refractivity contribution in [2.75, 3.05) is 0 Å². The molecule has 1 aliphatic heterocycles. The molecule has 0 saturated carbocycles. The number of aromatic amines is 1. The number of benzene rings is 3. The zero-order chi connectivity index (χ0) is 14.8. The smallest absolute Gasteiger partial charge is 0.112 e. The van der Waals surface area contributed by atoms with E-state index < -0.39 is 0 Å².